The summed E-state index contributed by atoms with van der Waals surface area (Å²) in [5.74, 6) is -1.42. The van der Waals surface area contributed by atoms with Gasteiger partial charge in [-0.3, -0.25) is 9.59 Å². The fraction of sp³-hybridized carbons (Fsp3) is 0.471. The summed E-state index contributed by atoms with van der Waals surface area (Å²) in [5, 5.41) is 21.8. The van der Waals surface area contributed by atoms with Gasteiger partial charge in [0.05, 0.1) is 0 Å². The van der Waals surface area contributed by atoms with Crippen molar-refractivity contribution < 1.29 is 24.6 Å². The molecule has 0 bridgehead atoms. The van der Waals surface area contributed by atoms with E-state index in [-0.39, 0.29) is 43.7 Å². The zero-order valence-electron chi connectivity index (χ0n) is 13.2. The molecule has 128 valence electrons. The van der Waals surface area contributed by atoms with Crippen LogP contribution in [0.1, 0.15) is 36.0 Å². The van der Waals surface area contributed by atoms with Crippen LogP contribution in [0.5, 0.6) is 0 Å². The van der Waals surface area contributed by atoms with E-state index in [0.29, 0.717) is 11.3 Å². The summed E-state index contributed by atoms with van der Waals surface area (Å²) in [6, 6.07) is 6.72. The molecule has 24 heavy (non-hydrogen) atoms. The van der Waals surface area contributed by atoms with Gasteiger partial charge in [0.1, 0.15) is 0 Å². The van der Waals surface area contributed by atoms with E-state index in [1.165, 1.54) is 4.90 Å². The highest BCUT2D eigenvalue weighted by Gasteiger charge is 2.40. The van der Waals surface area contributed by atoms with Crippen LogP contribution in [0, 0.1) is 5.92 Å². The number of anilines is 1. The molecule has 1 aliphatic carbocycles. The number of carbonyl (C=O) groups is 3. The Hall–Kier alpha value is -2.41. The van der Waals surface area contributed by atoms with Gasteiger partial charge in [-0.2, -0.15) is 0 Å². The number of aliphatic carboxylic acids is 1. The minimum atomic E-state index is -1.75. The highest BCUT2D eigenvalue weighted by Crippen LogP contribution is 2.30. The number of hydrogen-bond acceptors (Lipinski definition) is 4. The quantitative estimate of drug-likeness (QED) is 0.765. The number of amides is 2. The zero-order valence-corrected chi connectivity index (χ0v) is 13.2. The van der Waals surface area contributed by atoms with E-state index in [1.54, 1.807) is 24.3 Å². The molecule has 1 saturated carbocycles. The van der Waals surface area contributed by atoms with Crippen molar-refractivity contribution >= 4 is 23.5 Å². The first-order valence-electron chi connectivity index (χ1n) is 8.05. The fourth-order valence-electron chi connectivity index (χ4n) is 2.80. The van der Waals surface area contributed by atoms with Crippen molar-refractivity contribution in [3.8, 4) is 0 Å². The van der Waals surface area contributed by atoms with E-state index in [2.05, 4.69) is 5.32 Å². The Morgan fingerprint density at radius 1 is 1.17 bits per heavy atom. The van der Waals surface area contributed by atoms with E-state index in [4.69, 9.17) is 5.11 Å². The van der Waals surface area contributed by atoms with Crippen molar-refractivity contribution in [2.75, 3.05) is 18.4 Å². The first kappa shape index (κ1) is 16.4. The van der Waals surface area contributed by atoms with Gasteiger partial charge in [-0.05, 0) is 31.0 Å². The molecule has 2 fully saturated rings. The monoisotopic (exact) mass is 332 g/mol. The van der Waals surface area contributed by atoms with Gasteiger partial charge in [-0.15, -0.1) is 0 Å². The second-order valence-corrected chi connectivity index (χ2v) is 6.47. The topological polar surface area (TPSA) is 107 Å². The number of carboxylic acid groups (broad SMARTS) is 1. The number of rotatable bonds is 4. The first-order chi connectivity index (χ1) is 11.4. The average Bonchev–Trinajstić information content (AvgIpc) is 3.40. The average molecular weight is 332 g/mol. The van der Waals surface area contributed by atoms with Gasteiger partial charge < -0.3 is 20.4 Å². The molecule has 1 heterocycles. The van der Waals surface area contributed by atoms with Gasteiger partial charge in [-0.1, -0.05) is 6.07 Å². The van der Waals surface area contributed by atoms with Crippen LogP contribution < -0.4 is 5.32 Å². The van der Waals surface area contributed by atoms with Gasteiger partial charge in [0.15, 0.2) is 5.60 Å². The molecule has 0 radical (unpaired) electrons. The van der Waals surface area contributed by atoms with Crippen molar-refractivity contribution in [2.24, 2.45) is 5.92 Å². The molecule has 0 spiro atoms. The zero-order chi connectivity index (χ0) is 17.3. The molecular formula is C17H20N2O5. The van der Waals surface area contributed by atoms with Crippen LogP contribution in [0.25, 0.3) is 0 Å². The second-order valence-electron chi connectivity index (χ2n) is 6.47. The maximum Gasteiger partial charge on any atom is 0.335 e. The van der Waals surface area contributed by atoms with Gasteiger partial charge in [-0.25, -0.2) is 4.79 Å². The molecule has 3 N–H and O–H groups in total. The number of piperidine rings is 1. The summed E-state index contributed by atoms with van der Waals surface area (Å²) >= 11 is 0. The summed E-state index contributed by atoms with van der Waals surface area (Å²) < 4.78 is 0. The molecule has 2 amide bonds. The molecule has 1 aliphatic heterocycles. The number of aliphatic hydroxyl groups is 1. The Bertz CT molecular complexity index is 675. The molecular weight excluding hydrogens is 312 g/mol. The first-order valence-corrected chi connectivity index (χ1v) is 8.05. The van der Waals surface area contributed by atoms with Crippen LogP contribution in [0.3, 0.4) is 0 Å². The van der Waals surface area contributed by atoms with E-state index in [1.807, 2.05) is 0 Å². The molecule has 7 nitrogen and oxygen atoms in total. The Kier molecular flexibility index (Phi) is 4.28. The summed E-state index contributed by atoms with van der Waals surface area (Å²) in [4.78, 5) is 36.9. The van der Waals surface area contributed by atoms with Crippen molar-refractivity contribution in [3.63, 3.8) is 0 Å². The van der Waals surface area contributed by atoms with Crippen molar-refractivity contribution in [1.82, 2.24) is 4.90 Å². The van der Waals surface area contributed by atoms with Crippen LogP contribution in [-0.2, 0) is 9.59 Å². The maximum atomic E-state index is 12.5. The number of carbonyl (C=O) groups excluding carboxylic acids is 2. The van der Waals surface area contributed by atoms with Crippen molar-refractivity contribution in [1.29, 1.82) is 0 Å². The lowest BCUT2D eigenvalue weighted by Crippen LogP contribution is -2.50. The summed E-state index contributed by atoms with van der Waals surface area (Å²) in [6.45, 7) is 0.362. The third kappa shape index (κ3) is 3.41. The summed E-state index contributed by atoms with van der Waals surface area (Å²) in [5.41, 5.74) is -0.738. The third-order valence-corrected chi connectivity index (χ3v) is 4.60. The number of likely N-dealkylation sites (tertiary alicyclic amines) is 1. The predicted molar refractivity (Wildman–Crippen MR) is 85.5 cm³/mol. The van der Waals surface area contributed by atoms with Gasteiger partial charge in [0.25, 0.3) is 5.91 Å². The van der Waals surface area contributed by atoms with Crippen LogP contribution in [0.15, 0.2) is 24.3 Å². The summed E-state index contributed by atoms with van der Waals surface area (Å²) in [6.07, 6.45) is 1.83. The van der Waals surface area contributed by atoms with Gasteiger partial charge >= 0.3 is 5.97 Å². The van der Waals surface area contributed by atoms with Crippen LogP contribution >= 0.6 is 0 Å². The minimum absolute atomic E-state index is 0.00613. The molecule has 1 aromatic carbocycles. The molecule has 3 rings (SSSR count). The normalized spacial score (nSPS) is 19.6. The molecule has 0 atom stereocenters. The number of nitrogens with zero attached hydrogens (tertiary/aromatic N) is 1. The minimum Gasteiger partial charge on any atom is -0.479 e. The SMILES string of the molecule is O=C(Nc1cccc(C(=O)N2CCC(O)(C(=O)O)CC2)c1)C1CC1. The van der Waals surface area contributed by atoms with Crippen molar-refractivity contribution in [3.05, 3.63) is 29.8 Å². The maximum absolute atomic E-state index is 12.5. The van der Waals surface area contributed by atoms with Gasteiger partial charge in [0.2, 0.25) is 5.91 Å². The Morgan fingerprint density at radius 2 is 1.83 bits per heavy atom. The molecule has 7 heteroatoms. The molecule has 1 aromatic rings. The van der Waals surface area contributed by atoms with E-state index >= 15 is 0 Å². The molecule has 2 aliphatic rings. The Morgan fingerprint density at radius 3 is 2.42 bits per heavy atom. The number of hydrogen-bond donors (Lipinski definition) is 3. The Labute approximate surface area is 139 Å². The fourth-order valence-corrected chi connectivity index (χ4v) is 2.80. The lowest BCUT2D eigenvalue weighted by Gasteiger charge is -2.35. The standard InChI is InChI=1S/C17H20N2O5/c20-14(11-4-5-11)18-13-3-1-2-12(10-13)15(21)19-8-6-17(24,7-9-19)16(22)23/h1-3,10-11,24H,4-9H2,(H,18,20)(H,22,23). The molecule has 0 unspecified atom stereocenters. The molecule has 0 aromatic heterocycles. The van der Waals surface area contributed by atoms with E-state index in [0.717, 1.165) is 12.8 Å². The number of benzene rings is 1. The largest absolute Gasteiger partial charge is 0.479 e. The highest BCUT2D eigenvalue weighted by molar-refractivity contribution is 5.98. The van der Waals surface area contributed by atoms with E-state index in [9.17, 15) is 19.5 Å². The molecule has 1 saturated heterocycles. The van der Waals surface area contributed by atoms with Crippen LogP contribution in [0.2, 0.25) is 0 Å². The lowest BCUT2D eigenvalue weighted by molar-refractivity contribution is -0.162. The van der Waals surface area contributed by atoms with Crippen molar-refractivity contribution in [2.45, 2.75) is 31.3 Å². The second kappa shape index (κ2) is 6.24. The third-order valence-electron chi connectivity index (χ3n) is 4.60. The number of nitrogens with one attached hydrogen (secondary N) is 1. The van der Waals surface area contributed by atoms with Crippen LogP contribution in [-0.4, -0.2) is 51.6 Å². The predicted octanol–water partition coefficient (Wildman–Crippen LogP) is 1.09. The van der Waals surface area contributed by atoms with E-state index < -0.39 is 11.6 Å². The Balaban J connectivity index is 1.65. The lowest BCUT2D eigenvalue weighted by atomic mass is 9.91. The van der Waals surface area contributed by atoms with Gasteiger partial charge in [0, 0.05) is 43.1 Å². The number of carboxylic acids is 1. The summed E-state index contributed by atoms with van der Waals surface area (Å²) in [7, 11) is 0. The smallest absolute Gasteiger partial charge is 0.335 e. The van der Waals surface area contributed by atoms with Crippen LogP contribution in [0.4, 0.5) is 5.69 Å². The highest BCUT2D eigenvalue weighted by atomic mass is 16.4.